The molecule has 22 heavy (non-hydrogen) atoms. The van der Waals surface area contributed by atoms with E-state index in [1.807, 2.05) is 0 Å². The average Bonchev–Trinajstić information content (AvgIpc) is 2.36. The minimum atomic E-state index is -4.42. The zero-order chi connectivity index (χ0) is 16.5. The number of benzene rings is 2. The maximum absolute atomic E-state index is 12.1. The molecule has 0 aliphatic heterocycles. The lowest BCUT2D eigenvalue weighted by atomic mass is 10.2. The van der Waals surface area contributed by atoms with Crippen LogP contribution in [0.15, 0.2) is 41.3 Å². The number of nitrogen functional groups attached to an aromatic ring is 1. The molecule has 0 saturated carbocycles. The molecule has 2 aromatic carbocycles. The quantitative estimate of drug-likeness (QED) is 0.575. The SMILES string of the molecule is Nc1cc(NC(=O)c2ccc(Cl)cc2Cl)ccc1S(=O)(=O)O. The van der Waals surface area contributed by atoms with E-state index in [4.69, 9.17) is 33.5 Å². The molecule has 0 aromatic heterocycles. The number of nitrogens with two attached hydrogens (primary N) is 1. The van der Waals surface area contributed by atoms with Crippen molar-refractivity contribution in [1.82, 2.24) is 0 Å². The molecule has 2 aromatic rings. The minimum Gasteiger partial charge on any atom is -0.398 e. The first-order chi connectivity index (χ1) is 10.2. The molecular weight excluding hydrogens is 351 g/mol. The molecule has 9 heteroatoms. The zero-order valence-electron chi connectivity index (χ0n) is 10.9. The van der Waals surface area contributed by atoms with Gasteiger partial charge in [0.2, 0.25) is 0 Å². The molecule has 116 valence electrons. The molecule has 0 unspecified atom stereocenters. The van der Waals surface area contributed by atoms with Crippen molar-refractivity contribution in [1.29, 1.82) is 0 Å². The van der Waals surface area contributed by atoms with Gasteiger partial charge in [-0.25, -0.2) is 0 Å². The third-order valence-electron chi connectivity index (χ3n) is 2.72. The van der Waals surface area contributed by atoms with Crippen molar-refractivity contribution >= 4 is 50.6 Å². The summed E-state index contributed by atoms with van der Waals surface area (Å²) in [5, 5.41) is 3.08. The second-order valence-corrected chi connectivity index (χ2v) is 6.54. The van der Waals surface area contributed by atoms with E-state index < -0.39 is 20.9 Å². The number of anilines is 2. The summed E-state index contributed by atoms with van der Waals surface area (Å²) < 4.78 is 31.0. The Balaban J connectivity index is 2.28. The minimum absolute atomic E-state index is 0.174. The first kappa shape index (κ1) is 16.6. The molecule has 0 aliphatic rings. The third kappa shape index (κ3) is 3.69. The molecule has 0 saturated heterocycles. The van der Waals surface area contributed by atoms with Gasteiger partial charge in [0.25, 0.3) is 16.0 Å². The smallest absolute Gasteiger partial charge is 0.296 e. The van der Waals surface area contributed by atoms with Gasteiger partial charge in [-0.15, -0.1) is 0 Å². The van der Waals surface area contributed by atoms with Gasteiger partial charge in [-0.3, -0.25) is 9.35 Å². The molecular formula is C13H10Cl2N2O4S. The second-order valence-electron chi connectivity index (χ2n) is 4.31. The number of carbonyl (C=O) groups excluding carboxylic acids is 1. The Bertz CT molecular complexity index is 853. The number of hydrogen-bond acceptors (Lipinski definition) is 4. The number of hydrogen-bond donors (Lipinski definition) is 3. The highest BCUT2D eigenvalue weighted by molar-refractivity contribution is 7.86. The highest BCUT2D eigenvalue weighted by Crippen LogP contribution is 2.25. The van der Waals surface area contributed by atoms with Crippen LogP contribution < -0.4 is 11.1 Å². The maximum Gasteiger partial charge on any atom is 0.296 e. The Labute approximate surface area is 136 Å². The fourth-order valence-corrected chi connectivity index (χ4v) is 2.82. The summed E-state index contributed by atoms with van der Waals surface area (Å²) >= 11 is 11.7. The van der Waals surface area contributed by atoms with Crippen LogP contribution in [0.4, 0.5) is 11.4 Å². The first-order valence-corrected chi connectivity index (χ1v) is 8.01. The number of carbonyl (C=O) groups is 1. The number of rotatable bonds is 3. The monoisotopic (exact) mass is 360 g/mol. The maximum atomic E-state index is 12.1. The van der Waals surface area contributed by atoms with E-state index in [-0.39, 0.29) is 22.0 Å². The summed E-state index contributed by atoms with van der Waals surface area (Å²) in [6.07, 6.45) is 0. The van der Waals surface area contributed by atoms with Gasteiger partial charge in [-0.05, 0) is 36.4 Å². The van der Waals surface area contributed by atoms with E-state index in [9.17, 15) is 13.2 Å². The Morgan fingerprint density at radius 2 is 1.82 bits per heavy atom. The second kappa shape index (κ2) is 6.13. The molecule has 0 spiro atoms. The highest BCUT2D eigenvalue weighted by Gasteiger charge is 2.16. The van der Waals surface area contributed by atoms with Crippen LogP contribution in [0.25, 0.3) is 0 Å². The number of amides is 1. The summed E-state index contributed by atoms with van der Waals surface area (Å²) in [7, 11) is -4.42. The van der Waals surface area contributed by atoms with Crippen molar-refractivity contribution in [2.45, 2.75) is 4.90 Å². The van der Waals surface area contributed by atoms with Crippen LogP contribution in [0.5, 0.6) is 0 Å². The van der Waals surface area contributed by atoms with Gasteiger partial charge < -0.3 is 11.1 Å². The molecule has 0 aliphatic carbocycles. The first-order valence-electron chi connectivity index (χ1n) is 5.82. The molecule has 0 heterocycles. The summed E-state index contributed by atoms with van der Waals surface area (Å²) in [4.78, 5) is 11.7. The highest BCUT2D eigenvalue weighted by atomic mass is 35.5. The van der Waals surface area contributed by atoms with Crippen molar-refractivity contribution in [2.75, 3.05) is 11.1 Å². The summed E-state index contributed by atoms with van der Waals surface area (Å²) in [6.45, 7) is 0. The van der Waals surface area contributed by atoms with Crippen LogP contribution >= 0.6 is 23.2 Å². The van der Waals surface area contributed by atoms with Crippen LogP contribution in [0.1, 0.15) is 10.4 Å². The lowest BCUT2D eigenvalue weighted by Crippen LogP contribution is -2.13. The number of nitrogens with one attached hydrogen (secondary N) is 1. The summed E-state index contributed by atoms with van der Waals surface area (Å²) in [5.41, 5.74) is 5.79. The van der Waals surface area contributed by atoms with Crippen molar-refractivity contribution in [3.05, 3.63) is 52.0 Å². The van der Waals surface area contributed by atoms with E-state index in [0.29, 0.717) is 5.02 Å². The van der Waals surface area contributed by atoms with Crippen LogP contribution in [0.2, 0.25) is 10.0 Å². The van der Waals surface area contributed by atoms with Crippen molar-refractivity contribution < 1.29 is 17.8 Å². The normalized spacial score (nSPS) is 11.2. The lowest BCUT2D eigenvalue weighted by molar-refractivity contribution is 0.102. The lowest BCUT2D eigenvalue weighted by Gasteiger charge is -2.09. The van der Waals surface area contributed by atoms with Gasteiger partial charge in [0.1, 0.15) is 4.90 Å². The Morgan fingerprint density at radius 1 is 1.14 bits per heavy atom. The van der Waals surface area contributed by atoms with Gasteiger partial charge in [-0.1, -0.05) is 23.2 Å². The number of halogens is 2. The Kier molecular flexibility index (Phi) is 4.62. The van der Waals surface area contributed by atoms with Crippen LogP contribution in [-0.2, 0) is 10.1 Å². The van der Waals surface area contributed by atoms with Crippen LogP contribution in [-0.4, -0.2) is 18.9 Å². The molecule has 2 rings (SSSR count). The molecule has 0 fully saturated rings. The standard InChI is InChI=1S/C13H10Cl2N2O4S/c14-7-1-3-9(10(15)5-7)13(18)17-8-2-4-12(11(16)6-8)22(19,20)21/h1-6H,16H2,(H,17,18)(H,19,20,21). The largest absolute Gasteiger partial charge is 0.398 e. The van der Waals surface area contributed by atoms with Gasteiger partial charge in [0, 0.05) is 10.7 Å². The molecule has 0 radical (unpaired) electrons. The Morgan fingerprint density at radius 3 is 2.36 bits per heavy atom. The van der Waals surface area contributed by atoms with Crippen LogP contribution in [0.3, 0.4) is 0 Å². The molecule has 4 N–H and O–H groups in total. The fraction of sp³-hybridized carbons (Fsp3) is 0. The van der Waals surface area contributed by atoms with E-state index in [1.54, 1.807) is 0 Å². The molecule has 0 bridgehead atoms. The van der Waals surface area contributed by atoms with Gasteiger partial charge >= 0.3 is 0 Å². The van der Waals surface area contributed by atoms with Crippen molar-refractivity contribution in [3.63, 3.8) is 0 Å². The van der Waals surface area contributed by atoms with E-state index in [1.165, 1.54) is 30.3 Å². The fourth-order valence-electron chi connectivity index (χ4n) is 1.73. The Hall–Kier alpha value is -1.80. The van der Waals surface area contributed by atoms with Gasteiger partial charge in [0.15, 0.2) is 0 Å². The van der Waals surface area contributed by atoms with E-state index >= 15 is 0 Å². The zero-order valence-corrected chi connectivity index (χ0v) is 13.2. The third-order valence-corrected chi connectivity index (χ3v) is 4.20. The van der Waals surface area contributed by atoms with Gasteiger partial charge in [0.05, 0.1) is 16.3 Å². The average molecular weight is 361 g/mol. The molecule has 1 amide bonds. The van der Waals surface area contributed by atoms with Gasteiger partial charge in [-0.2, -0.15) is 8.42 Å². The molecule has 6 nitrogen and oxygen atoms in total. The van der Waals surface area contributed by atoms with Crippen molar-refractivity contribution in [2.24, 2.45) is 0 Å². The summed E-state index contributed by atoms with van der Waals surface area (Å²) in [5.74, 6) is -0.513. The predicted molar refractivity (Wildman–Crippen MR) is 85.1 cm³/mol. The predicted octanol–water partition coefficient (Wildman–Crippen LogP) is 3.07. The topological polar surface area (TPSA) is 109 Å². The molecule has 0 atom stereocenters. The van der Waals surface area contributed by atoms with E-state index in [2.05, 4.69) is 5.32 Å². The van der Waals surface area contributed by atoms with E-state index in [0.717, 1.165) is 6.07 Å². The van der Waals surface area contributed by atoms with Crippen LogP contribution in [0, 0.1) is 0 Å². The van der Waals surface area contributed by atoms with Crippen molar-refractivity contribution in [3.8, 4) is 0 Å². The summed E-state index contributed by atoms with van der Waals surface area (Å²) in [6, 6.07) is 7.98.